The Kier molecular flexibility index (Phi) is 3.78. The van der Waals surface area contributed by atoms with E-state index in [9.17, 15) is 9.59 Å². The molecule has 1 amide bonds. The molecular formula is C8H12N4O3. The van der Waals surface area contributed by atoms with Crippen molar-refractivity contribution in [2.75, 3.05) is 20.7 Å². The number of aromatic nitrogens is 3. The fraction of sp³-hybridized carbons (Fsp3) is 0.500. The van der Waals surface area contributed by atoms with Gasteiger partial charge >= 0.3 is 5.97 Å². The van der Waals surface area contributed by atoms with Crippen LogP contribution >= 0.6 is 0 Å². The summed E-state index contributed by atoms with van der Waals surface area (Å²) in [5.41, 5.74) is 0. The molecule has 0 unspecified atom stereocenters. The zero-order chi connectivity index (χ0) is 11.3. The van der Waals surface area contributed by atoms with Crippen molar-refractivity contribution in [1.82, 2.24) is 19.9 Å². The molecule has 82 valence electrons. The molecule has 0 aliphatic rings. The number of nitrogens with zero attached hydrogens (tertiary/aromatic N) is 4. The Bertz CT molecular complexity index is 336. The van der Waals surface area contributed by atoms with Gasteiger partial charge in [0.05, 0.1) is 13.3 Å². The van der Waals surface area contributed by atoms with E-state index in [0.717, 1.165) is 0 Å². The van der Waals surface area contributed by atoms with Crippen LogP contribution in [0.15, 0.2) is 12.4 Å². The molecule has 1 rings (SSSR count). The minimum absolute atomic E-state index is 0.0630. The van der Waals surface area contributed by atoms with Gasteiger partial charge in [0, 0.05) is 13.2 Å². The number of methoxy groups -OCH3 is 1. The largest absolute Gasteiger partial charge is 0.468 e. The van der Waals surface area contributed by atoms with Gasteiger partial charge in [0.15, 0.2) is 0 Å². The third-order valence-corrected chi connectivity index (χ3v) is 1.79. The average molecular weight is 212 g/mol. The lowest BCUT2D eigenvalue weighted by atomic mass is 10.5. The lowest BCUT2D eigenvalue weighted by molar-refractivity contribution is -0.146. The summed E-state index contributed by atoms with van der Waals surface area (Å²) in [5, 5.41) is 7.20. The van der Waals surface area contributed by atoms with Crippen molar-refractivity contribution in [2.24, 2.45) is 0 Å². The van der Waals surface area contributed by atoms with Gasteiger partial charge in [-0.1, -0.05) is 5.21 Å². The summed E-state index contributed by atoms with van der Waals surface area (Å²) in [5.74, 6) is -0.685. The second-order valence-corrected chi connectivity index (χ2v) is 2.93. The quantitative estimate of drug-likeness (QED) is 0.593. The number of carbonyl (C=O) groups excluding carboxylic acids is 2. The highest BCUT2D eigenvalue weighted by Gasteiger charge is 2.13. The molecule has 0 N–H and O–H groups in total. The van der Waals surface area contributed by atoms with Crippen molar-refractivity contribution < 1.29 is 14.3 Å². The van der Waals surface area contributed by atoms with Crippen LogP contribution in [-0.2, 0) is 20.9 Å². The lowest BCUT2D eigenvalue weighted by Crippen LogP contribution is -2.35. The van der Waals surface area contributed by atoms with Gasteiger partial charge in [-0.05, 0) is 0 Å². The summed E-state index contributed by atoms with van der Waals surface area (Å²) in [6, 6.07) is 0. The fourth-order valence-corrected chi connectivity index (χ4v) is 0.923. The summed E-state index contributed by atoms with van der Waals surface area (Å²) in [4.78, 5) is 23.6. The molecule has 0 bridgehead atoms. The zero-order valence-corrected chi connectivity index (χ0v) is 8.58. The van der Waals surface area contributed by atoms with Crippen LogP contribution in [0.4, 0.5) is 0 Å². The SMILES string of the molecule is COC(=O)CN(C)C(=O)Cn1ccnn1. The van der Waals surface area contributed by atoms with E-state index in [2.05, 4.69) is 15.0 Å². The molecule has 0 saturated carbocycles. The first kappa shape index (κ1) is 11.2. The Morgan fingerprint density at radius 2 is 2.27 bits per heavy atom. The number of rotatable bonds is 4. The highest BCUT2D eigenvalue weighted by molar-refractivity contribution is 5.81. The molecule has 0 radical (unpaired) electrons. The van der Waals surface area contributed by atoms with Gasteiger partial charge in [-0.15, -0.1) is 5.10 Å². The highest BCUT2D eigenvalue weighted by Crippen LogP contribution is 1.90. The van der Waals surface area contributed by atoms with Crippen LogP contribution in [0.1, 0.15) is 0 Å². The van der Waals surface area contributed by atoms with Gasteiger partial charge < -0.3 is 9.64 Å². The van der Waals surface area contributed by atoms with E-state index >= 15 is 0 Å². The Morgan fingerprint density at radius 1 is 1.53 bits per heavy atom. The molecule has 1 heterocycles. The number of ether oxygens (including phenoxy) is 1. The molecule has 0 aromatic carbocycles. The van der Waals surface area contributed by atoms with Crippen LogP contribution < -0.4 is 0 Å². The number of likely N-dealkylation sites (N-methyl/N-ethyl adjacent to an activating group) is 1. The van der Waals surface area contributed by atoms with E-state index < -0.39 is 5.97 Å². The minimum Gasteiger partial charge on any atom is -0.468 e. The molecule has 7 heteroatoms. The van der Waals surface area contributed by atoms with E-state index in [1.807, 2.05) is 0 Å². The summed E-state index contributed by atoms with van der Waals surface area (Å²) >= 11 is 0. The number of amides is 1. The van der Waals surface area contributed by atoms with Gasteiger partial charge in [-0.3, -0.25) is 9.59 Å². The van der Waals surface area contributed by atoms with Gasteiger partial charge in [0.2, 0.25) is 5.91 Å². The normalized spacial score (nSPS) is 9.73. The monoisotopic (exact) mass is 212 g/mol. The smallest absolute Gasteiger partial charge is 0.325 e. The first-order valence-corrected chi connectivity index (χ1v) is 4.28. The molecule has 1 aromatic rings. The van der Waals surface area contributed by atoms with Gasteiger partial charge in [0.25, 0.3) is 0 Å². The molecule has 0 atom stereocenters. The van der Waals surface area contributed by atoms with E-state index in [1.54, 1.807) is 6.20 Å². The van der Waals surface area contributed by atoms with E-state index in [1.165, 1.54) is 29.9 Å². The van der Waals surface area contributed by atoms with Crippen molar-refractivity contribution in [3.63, 3.8) is 0 Å². The first-order valence-electron chi connectivity index (χ1n) is 4.28. The summed E-state index contributed by atoms with van der Waals surface area (Å²) < 4.78 is 5.82. The van der Waals surface area contributed by atoms with Crippen molar-refractivity contribution in [3.05, 3.63) is 12.4 Å². The highest BCUT2D eigenvalue weighted by atomic mass is 16.5. The zero-order valence-electron chi connectivity index (χ0n) is 8.58. The van der Waals surface area contributed by atoms with E-state index in [0.29, 0.717) is 0 Å². The molecule has 0 aliphatic carbocycles. The molecule has 0 aliphatic heterocycles. The molecular weight excluding hydrogens is 200 g/mol. The maximum absolute atomic E-state index is 11.5. The van der Waals surface area contributed by atoms with Crippen molar-refractivity contribution in [1.29, 1.82) is 0 Å². The first-order chi connectivity index (χ1) is 7.13. The topological polar surface area (TPSA) is 77.3 Å². The van der Waals surface area contributed by atoms with E-state index in [4.69, 9.17) is 0 Å². The average Bonchev–Trinajstić information content (AvgIpc) is 2.70. The molecule has 7 nitrogen and oxygen atoms in total. The van der Waals surface area contributed by atoms with Crippen LogP contribution in [0, 0.1) is 0 Å². The molecule has 0 saturated heterocycles. The summed E-state index contributed by atoms with van der Waals surface area (Å²) in [6.07, 6.45) is 3.05. The second kappa shape index (κ2) is 5.08. The predicted octanol–water partition coefficient (Wildman–Crippen LogP) is -1.09. The third-order valence-electron chi connectivity index (χ3n) is 1.79. The maximum atomic E-state index is 11.5. The van der Waals surface area contributed by atoms with Crippen molar-refractivity contribution in [3.8, 4) is 0 Å². The summed E-state index contributed by atoms with van der Waals surface area (Å²) in [6.45, 7) is -0.00246. The minimum atomic E-state index is -0.454. The van der Waals surface area contributed by atoms with Crippen LogP contribution in [0.25, 0.3) is 0 Å². The van der Waals surface area contributed by atoms with Crippen molar-refractivity contribution in [2.45, 2.75) is 6.54 Å². The van der Waals surface area contributed by atoms with Crippen LogP contribution in [0.5, 0.6) is 0 Å². The number of hydrogen-bond donors (Lipinski definition) is 0. The van der Waals surface area contributed by atoms with Gasteiger partial charge in [0.1, 0.15) is 13.1 Å². The van der Waals surface area contributed by atoms with Crippen LogP contribution in [0.2, 0.25) is 0 Å². The Balaban J connectivity index is 2.43. The summed E-state index contributed by atoms with van der Waals surface area (Å²) in [7, 11) is 2.80. The molecule has 15 heavy (non-hydrogen) atoms. The third kappa shape index (κ3) is 3.37. The second-order valence-electron chi connectivity index (χ2n) is 2.93. The molecule has 0 spiro atoms. The predicted molar refractivity (Wildman–Crippen MR) is 49.7 cm³/mol. The lowest BCUT2D eigenvalue weighted by Gasteiger charge is -2.14. The van der Waals surface area contributed by atoms with Crippen LogP contribution in [0.3, 0.4) is 0 Å². The van der Waals surface area contributed by atoms with Crippen molar-refractivity contribution >= 4 is 11.9 Å². The molecule has 1 aromatic heterocycles. The Morgan fingerprint density at radius 3 is 2.80 bits per heavy atom. The maximum Gasteiger partial charge on any atom is 0.325 e. The fourth-order valence-electron chi connectivity index (χ4n) is 0.923. The van der Waals surface area contributed by atoms with Crippen LogP contribution in [-0.4, -0.2) is 52.5 Å². The number of carbonyl (C=O) groups is 2. The van der Waals surface area contributed by atoms with E-state index in [-0.39, 0.29) is 19.0 Å². The van der Waals surface area contributed by atoms with Gasteiger partial charge in [-0.2, -0.15) is 0 Å². The van der Waals surface area contributed by atoms with Gasteiger partial charge in [-0.25, -0.2) is 4.68 Å². The number of esters is 1. The standard InChI is InChI=1S/C8H12N4O3/c1-11(6-8(14)15-2)7(13)5-12-4-3-9-10-12/h3-4H,5-6H2,1-2H3. The Labute approximate surface area is 86.6 Å². The number of hydrogen-bond acceptors (Lipinski definition) is 5. The molecule has 0 fully saturated rings. The Hall–Kier alpha value is -1.92.